The zero-order valence-electron chi connectivity index (χ0n) is 18.2. The Bertz CT molecular complexity index is 885. The highest BCUT2D eigenvalue weighted by molar-refractivity contribution is 5.95. The van der Waals surface area contributed by atoms with Gasteiger partial charge >= 0.3 is 6.03 Å². The van der Waals surface area contributed by atoms with Gasteiger partial charge in [0, 0.05) is 42.6 Å². The molecule has 2 fully saturated rings. The number of carbonyl (C=O) groups excluding carboxylic acids is 2. The molecule has 2 saturated carbocycles. The van der Waals surface area contributed by atoms with E-state index in [1.807, 2.05) is 0 Å². The fourth-order valence-electron chi connectivity index (χ4n) is 4.10. The van der Waals surface area contributed by atoms with Crippen LogP contribution in [0.3, 0.4) is 0 Å². The maximum Gasteiger partial charge on any atom is 0.319 e. The van der Waals surface area contributed by atoms with Crippen molar-refractivity contribution in [3.8, 4) is 0 Å². The zero-order valence-corrected chi connectivity index (χ0v) is 18.2. The molecule has 0 heterocycles. The van der Waals surface area contributed by atoms with E-state index in [1.165, 1.54) is 37.8 Å². The van der Waals surface area contributed by atoms with Gasteiger partial charge in [-0.05, 0) is 67.6 Å². The summed E-state index contributed by atoms with van der Waals surface area (Å²) < 4.78 is 0. The number of amides is 3. The molecule has 0 atom stereocenters. The van der Waals surface area contributed by atoms with Crippen molar-refractivity contribution in [3.63, 3.8) is 0 Å². The number of nitrogens with one attached hydrogen (secondary N) is 3. The Morgan fingerprint density at radius 2 is 1.58 bits per heavy atom. The van der Waals surface area contributed by atoms with Crippen LogP contribution in [0.1, 0.15) is 60.9 Å². The second kappa shape index (κ2) is 9.86. The predicted octanol–water partition coefficient (Wildman–Crippen LogP) is 4.67. The Labute approximate surface area is 184 Å². The third kappa shape index (κ3) is 6.00. The van der Waals surface area contributed by atoms with Crippen molar-refractivity contribution in [2.24, 2.45) is 0 Å². The van der Waals surface area contributed by atoms with E-state index in [2.05, 4.69) is 52.2 Å². The van der Waals surface area contributed by atoms with Gasteiger partial charge in [-0.1, -0.05) is 31.4 Å². The number of hydrogen-bond acceptors (Lipinski definition) is 3. The van der Waals surface area contributed by atoms with Crippen molar-refractivity contribution in [1.29, 1.82) is 0 Å². The predicted molar refractivity (Wildman–Crippen MR) is 125 cm³/mol. The van der Waals surface area contributed by atoms with E-state index in [1.54, 1.807) is 24.3 Å². The van der Waals surface area contributed by atoms with Gasteiger partial charge < -0.3 is 20.9 Å². The minimum absolute atomic E-state index is 0.127. The van der Waals surface area contributed by atoms with Crippen molar-refractivity contribution in [1.82, 2.24) is 10.6 Å². The maximum absolute atomic E-state index is 12.5. The Balaban J connectivity index is 1.25. The van der Waals surface area contributed by atoms with Crippen LogP contribution in [0.4, 0.5) is 16.2 Å². The largest absolute Gasteiger partial charge is 0.372 e. The van der Waals surface area contributed by atoms with E-state index < -0.39 is 0 Å². The van der Waals surface area contributed by atoms with Gasteiger partial charge in [-0.25, -0.2) is 4.79 Å². The molecule has 31 heavy (non-hydrogen) atoms. The second-order valence-corrected chi connectivity index (χ2v) is 8.70. The first-order valence-electron chi connectivity index (χ1n) is 11.4. The molecule has 2 aromatic rings. The highest BCUT2D eigenvalue weighted by Crippen LogP contribution is 2.26. The summed E-state index contributed by atoms with van der Waals surface area (Å²) in [7, 11) is 2.18. The van der Waals surface area contributed by atoms with Gasteiger partial charge in [-0.3, -0.25) is 4.79 Å². The smallest absolute Gasteiger partial charge is 0.319 e. The van der Waals surface area contributed by atoms with Crippen molar-refractivity contribution < 1.29 is 9.59 Å². The van der Waals surface area contributed by atoms with Gasteiger partial charge in [-0.15, -0.1) is 0 Å². The number of urea groups is 1. The van der Waals surface area contributed by atoms with Crippen molar-refractivity contribution in [2.75, 3.05) is 17.3 Å². The summed E-state index contributed by atoms with van der Waals surface area (Å²) in [6.07, 6.45) is 8.65. The Hall–Kier alpha value is -3.02. The van der Waals surface area contributed by atoms with E-state index in [0.29, 0.717) is 29.9 Å². The molecule has 2 aromatic carbocycles. The lowest BCUT2D eigenvalue weighted by molar-refractivity contribution is 0.0951. The molecular weight excluding hydrogens is 388 g/mol. The van der Waals surface area contributed by atoms with Crippen LogP contribution in [0.15, 0.2) is 48.5 Å². The van der Waals surface area contributed by atoms with Crippen LogP contribution in [-0.4, -0.2) is 31.1 Å². The average Bonchev–Trinajstić information content (AvgIpc) is 3.62. The molecule has 6 heteroatoms. The number of benzene rings is 2. The van der Waals surface area contributed by atoms with Gasteiger partial charge in [-0.2, -0.15) is 0 Å². The van der Waals surface area contributed by atoms with Crippen LogP contribution in [0.5, 0.6) is 0 Å². The molecule has 2 aliphatic rings. The van der Waals surface area contributed by atoms with E-state index >= 15 is 0 Å². The van der Waals surface area contributed by atoms with Crippen molar-refractivity contribution in [2.45, 2.75) is 63.6 Å². The summed E-state index contributed by atoms with van der Waals surface area (Å²) in [5.41, 5.74) is 3.55. The lowest BCUT2D eigenvalue weighted by Gasteiger charge is -2.33. The number of carbonyl (C=O) groups is 2. The summed E-state index contributed by atoms with van der Waals surface area (Å²) in [6.45, 7) is 0.482. The number of anilines is 2. The maximum atomic E-state index is 12.5. The second-order valence-electron chi connectivity index (χ2n) is 8.70. The topological polar surface area (TPSA) is 73.5 Å². The third-order valence-corrected chi connectivity index (χ3v) is 6.24. The monoisotopic (exact) mass is 420 g/mol. The van der Waals surface area contributed by atoms with Crippen molar-refractivity contribution >= 4 is 23.3 Å². The molecule has 3 N–H and O–H groups in total. The van der Waals surface area contributed by atoms with Crippen LogP contribution in [0.25, 0.3) is 0 Å². The first-order chi connectivity index (χ1) is 15.1. The Morgan fingerprint density at radius 1 is 0.903 bits per heavy atom. The summed E-state index contributed by atoms with van der Waals surface area (Å²) in [4.78, 5) is 26.7. The van der Waals surface area contributed by atoms with Crippen LogP contribution < -0.4 is 20.9 Å². The van der Waals surface area contributed by atoms with E-state index in [4.69, 9.17) is 0 Å². The van der Waals surface area contributed by atoms with E-state index in [9.17, 15) is 9.59 Å². The molecule has 164 valence electrons. The SMILES string of the molecule is CN(c1ccc(CNC(=O)c2ccc(NC(=O)NC3CC3)cc2)cc1)C1CCCCC1. The molecule has 0 aliphatic heterocycles. The summed E-state index contributed by atoms with van der Waals surface area (Å²) in [6, 6.07) is 16.1. The first-order valence-corrected chi connectivity index (χ1v) is 11.4. The highest BCUT2D eigenvalue weighted by atomic mass is 16.2. The van der Waals surface area contributed by atoms with Crippen LogP contribution in [-0.2, 0) is 6.54 Å². The number of nitrogens with zero attached hydrogens (tertiary/aromatic N) is 1. The molecule has 0 radical (unpaired) electrons. The molecule has 0 bridgehead atoms. The van der Waals surface area contributed by atoms with E-state index in [-0.39, 0.29) is 11.9 Å². The fraction of sp³-hybridized carbons (Fsp3) is 0.440. The normalized spacial score (nSPS) is 16.4. The lowest BCUT2D eigenvalue weighted by Crippen LogP contribution is -2.33. The lowest BCUT2D eigenvalue weighted by atomic mass is 9.94. The Kier molecular flexibility index (Phi) is 6.75. The van der Waals surface area contributed by atoms with Gasteiger partial charge in [0.05, 0.1) is 0 Å². The molecular formula is C25H32N4O2. The van der Waals surface area contributed by atoms with Gasteiger partial charge in [0.15, 0.2) is 0 Å². The molecule has 0 spiro atoms. The fourth-order valence-corrected chi connectivity index (χ4v) is 4.10. The van der Waals surface area contributed by atoms with E-state index in [0.717, 1.165) is 18.4 Å². The van der Waals surface area contributed by atoms with Crippen LogP contribution >= 0.6 is 0 Å². The molecule has 0 aromatic heterocycles. The molecule has 0 unspecified atom stereocenters. The molecule has 2 aliphatic carbocycles. The molecule has 4 rings (SSSR count). The third-order valence-electron chi connectivity index (χ3n) is 6.24. The quantitative estimate of drug-likeness (QED) is 0.609. The highest BCUT2D eigenvalue weighted by Gasteiger charge is 2.23. The van der Waals surface area contributed by atoms with Crippen LogP contribution in [0, 0.1) is 0 Å². The van der Waals surface area contributed by atoms with Gasteiger partial charge in [0.25, 0.3) is 5.91 Å². The molecule has 6 nitrogen and oxygen atoms in total. The average molecular weight is 421 g/mol. The summed E-state index contributed by atoms with van der Waals surface area (Å²) >= 11 is 0. The molecule has 3 amide bonds. The van der Waals surface area contributed by atoms with Gasteiger partial charge in [0.1, 0.15) is 0 Å². The number of hydrogen-bond donors (Lipinski definition) is 3. The standard InChI is InChI=1S/C25H32N4O2/c1-29(22-5-3-2-4-6-22)23-15-7-18(8-16-23)17-26-24(30)19-9-11-20(12-10-19)27-25(31)28-21-13-14-21/h7-12,15-16,21-22H,2-6,13-14,17H2,1H3,(H,26,30)(H2,27,28,31). The van der Waals surface area contributed by atoms with Gasteiger partial charge in [0.2, 0.25) is 0 Å². The summed E-state index contributed by atoms with van der Waals surface area (Å²) in [5.74, 6) is -0.127. The minimum Gasteiger partial charge on any atom is -0.372 e. The zero-order chi connectivity index (χ0) is 21.6. The first kappa shape index (κ1) is 21.2. The molecule has 0 saturated heterocycles. The Morgan fingerprint density at radius 3 is 2.23 bits per heavy atom. The summed E-state index contributed by atoms with van der Waals surface area (Å²) in [5, 5.41) is 8.63. The minimum atomic E-state index is -0.197. The number of rotatable bonds is 7. The van der Waals surface area contributed by atoms with Crippen molar-refractivity contribution in [3.05, 3.63) is 59.7 Å². The van der Waals surface area contributed by atoms with Crippen LogP contribution in [0.2, 0.25) is 0 Å².